The summed E-state index contributed by atoms with van der Waals surface area (Å²) >= 11 is 0. The molecule has 0 amide bonds. The molecule has 0 aliphatic carbocycles. The molecule has 114 valence electrons. The van der Waals surface area contributed by atoms with Gasteiger partial charge in [0, 0.05) is 11.6 Å². The van der Waals surface area contributed by atoms with E-state index in [4.69, 9.17) is 9.26 Å². The lowest BCUT2D eigenvalue weighted by molar-refractivity contribution is 0.294. The summed E-state index contributed by atoms with van der Waals surface area (Å²) in [7, 11) is 0. The normalized spacial score (nSPS) is 12.4. The van der Waals surface area contributed by atoms with Gasteiger partial charge in [0.15, 0.2) is 0 Å². The molecule has 0 fully saturated rings. The Morgan fingerprint density at radius 3 is 2.62 bits per heavy atom. The lowest BCUT2D eigenvalue weighted by atomic mass is 10.0. The average molecular weight is 288 g/mol. The van der Waals surface area contributed by atoms with Crippen LogP contribution in [0.25, 0.3) is 0 Å². The zero-order chi connectivity index (χ0) is 15.2. The molecule has 2 aromatic rings. The van der Waals surface area contributed by atoms with E-state index in [0.717, 1.165) is 35.7 Å². The third kappa shape index (κ3) is 3.64. The first-order chi connectivity index (χ1) is 10.2. The number of para-hydroxylation sites is 1. The largest absolute Gasteiger partial charge is 0.488 e. The Hall–Kier alpha value is -1.81. The number of aryl methyl sites for hydroxylation is 2. The summed E-state index contributed by atoms with van der Waals surface area (Å²) in [6, 6.07) is 8.52. The standard InChI is InChI=1S/C17H24N2O2/c1-5-16(18-6-2)14-9-7-8-10-17(14)20-11-15-12(3)19-21-13(15)4/h7-10,16,18H,5-6,11H2,1-4H3. The Balaban J connectivity index is 2.17. The second kappa shape index (κ2) is 7.27. The molecule has 1 aromatic heterocycles. The number of aromatic nitrogens is 1. The van der Waals surface area contributed by atoms with Crippen molar-refractivity contribution in [2.45, 2.75) is 46.8 Å². The van der Waals surface area contributed by atoms with E-state index in [9.17, 15) is 0 Å². The van der Waals surface area contributed by atoms with E-state index in [-0.39, 0.29) is 0 Å². The number of nitrogens with one attached hydrogen (secondary N) is 1. The zero-order valence-corrected chi connectivity index (χ0v) is 13.3. The Kier molecular flexibility index (Phi) is 5.39. The van der Waals surface area contributed by atoms with Crippen LogP contribution in [0.3, 0.4) is 0 Å². The maximum absolute atomic E-state index is 6.03. The Bertz CT molecular complexity index is 558. The van der Waals surface area contributed by atoms with Crippen LogP contribution in [0.2, 0.25) is 0 Å². The van der Waals surface area contributed by atoms with Crippen LogP contribution in [0.5, 0.6) is 5.75 Å². The fourth-order valence-corrected chi connectivity index (χ4v) is 2.48. The molecular weight excluding hydrogens is 264 g/mol. The predicted molar refractivity (Wildman–Crippen MR) is 83.5 cm³/mol. The van der Waals surface area contributed by atoms with Gasteiger partial charge in [0.2, 0.25) is 0 Å². The van der Waals surface area contributed by atoms with Crippen molar-refractivity contribution < 1.29 is 9.26 Å². The number of hydrogen-bond acceptors (Lipinski definition) is 4. The van der Waals surface area contributed by atoms with Crippen molar-refractivity contribution in [2.75, 3.05) is 6.54 Å². The van der Waals surface area contributed by atoms with Gasteiger partial charge in [-0.05, 0) is 32.9 Å². The van der Waals surface area contributed by atoms with E-state index in [0.29, 0.717) is 12.6 Å². The lowest BCUT2D eigenvalue weighted by Gasteiger charge is -2.20. The van der Waals surface area contributed by atoms with Crippen molar-refractivity contribution in [3.63, 3.8) is 0 Å². The summed E-state index contributed by atoms with van der Waals surface area (Å²) in [6.07, 6.45) is 1.03. The minimum absolute atomic E-state index is 0.316. The summed E-state index contributed by atoms with van der Waals surface area (Å²) in [5, 5.41) is 7.46. The van der Waals surface area contributed by atoms with Crippen LogP contribution in [0.4, 0.5) is 0 Å². The number of nitrogens with zero attached hydrogens (tertiary/aromatic N) is 1. The van der Waals surface area contributed by atoms with Crippen molar-refractivity contribution in [2.24, 2.45) is 0 Å². The highest BCUT2D eigenvalue weighted by Crippen LogP contribution is 2.28. The van der Waals surface area contributed by atoms with Crippen LogP contribution in [0.15, 0.2) is 28.8 Å². The van der Waals surface area contributed by atoms with Crippen LogP contribution in [0.1, 0.15) is 48.9 Å². The Labute approximate surface area is 126 Å². The van der Waals surface area contributed by atoms with Gasteiger partial charge in [0.25, 0.3) is 0 Å². The molecule has 1 atom stereocenters. The minimum atomic E-state index is 0.316. The minimum Gasteiger partial charge on any atom is -0.488 e. The topological polar surface area (TPSA) is 47.3 Å². The van der Waals surface area contributed by atoms with Gasteiger partial charge in [0.05, 0.1) is 11.3 Å². The third-order valence-electron chi connectivity index (χ3n) is 3.71. The van der Waals surface area contributed by atoms with Gasteiger partial charge >= 0.3 is 0 Å². The van der Waals surface area contributed by atoms with E-state index in [1.807, 2.05) is 26.0 Å². The summed E-state index contributed by atoms with van der Waals surface area (Å²) in [5.41, 5.74) is 3.12. The van der Waals surface area contributed by atoms with E-state index in [2.05, 4.69) is 36.5 Å². The van der Waals surface area contributed by atoms with Crippen molar-refractivity contribution in [3.8, 4) is 5.75 Å². The molecule has 2 rings (SSSR count). The molecule has 21 heavy (non-hydrogen) atoms. The molecule has 1 aromatic carbocycles. The molecule has 0 aliphatic rings. The van der Waals surface area contributed by atoms with Gasteiger partial charge in [-0.3, -0.25) is 0 Å². The molecule has 1 N–H and O–H groups in total. The molecule has 1 unspecified atom stereocenters. The predicted octanol–water partition coefficient (Wildman–Crippen LogP) is 3.93. The monoisotopic (exact) mass is 288 g/mol. The summed E-state index contributed by atoms with van der Waals surface area (Å²) in [4.78, 5) is 0. The van der Waals surface area contributed by atoms with Crippen LogP contribution in [0, 0.1) is 13.8 Å². The van der Waals surface area contributed by atoms with Crippen molar-refractivity contribution in [3.05, 3.63) is 46.8 Å². The summed E-state index contributed by atoms with van der Waals surface area (Å²) < 4.78 is 11.2. The fraction of sp³-hybridized carbons (Fsp3) is 0.471. The zero-order valence-electron chi connectivity index (χ0n) is 13.3. The smallest absolute Gasteiger partial charge is 0.140 e. The van der Waals surface area contributed by atoms with E-state index < -0.39 is 0 Å². The Morgan fingerprint density at radius 2 is 2.00 bits per heavy atom. The number of ether oxygens (including phenoxy) is 1. The highest BCUT2D eigenvalue weighted by molar-refractivity contribution is 5.36. The first kappa shape index (κ1) is 15.6. The van der Waals surface area contributed by atoms with Crippen molar-refractivity contribution in [1.82, 2.24) is 10.5 Å². The number of hydrogen-bond donors (Lipinski definition) is 1. The Morgan fingerprint density at radius 1 is 1.24 bits per heavy atom. The SMILES string of the molecule is CCNC(CC)c1ccccc1OCc1c(C)noc1C. The van der Waals surface area contributed by atoms with Gasteiger partial charge in [-0.1, -0.05) is 37.2 Å². The van der Waals surface area contributed by atoms with Crippen LogP contribution in [-0.4, -0.2) is 11.7 Å². The molecule has 0 spiro atoms. The van der Waals surface area contributed by atoms with Crippen LogP contribution >= 0.6 is 0 Å². The molecular formula is C17H24N2O2. The molecule has 0 radical (unpaired) electrons. The maximum Gasteiger partial charge on any atom is 0.140 e. The van der Waals surface area contributed by atoms with Crippen LogP contribution < -0.4 is 10.1 Å². The van der Waals surface area contributed by atoms with E-state index >= 15 is 0 Å². The van der Waals surface area contributed by atoms with E-state index in [1.54, 1.807) is 0 Å². The summed E-state index contributed by atoms with van der Waals surface area (Å²) in [6.45, 7) is 9.58. The fourth-order valence-electron chi connectivity index (χ4n) is 2.48. The number of benzene rings is 1. The highest BCUT2D eigenvalue weighted by Gasteiger charge is 2.15. The molecule has 1 heterocycles. The third-order valence-corrected chi connectivity index (χ3v) is 3.71. The van der Waals surface area contributed by atoms with Crippen molar-refractivity contribution in [1.29, 1.82) is 0 Å². The van der Waals surface area contributed by atoms with Gasteiger partial charge < -0.3 is 14.6 Å². The number of rotatable bonds is 7. The highest BCUT2D eigenvalue weighted by atomic mass is 16.5. The van der Waals surface area contributed by atoms with Crippen molar-refractivity contribution >= 4 is 0 Å². The molecule has 0 saturated heterocycles. The van der Waals surface area contributed by atoms with Gasteiger partial charge in [0.1, 0.15) is 18.1 Å². The molecule has 0 bridgehead atoms. The molecule has 0 aliphatic heterocycles. The summed E-state index contributed by atoms with van der Waals surface area (Å²) in [5.74, 6) is 1.74. The average Bonchev–Trinajstić information content (AvgIpc) is 2.82. The lowest BCUT2D eigenvalue weighted by Crippen LogP contribution is -2.20. The second-order valence-electron chi connectivity index (χ2n) is 5.15. The van der Waals surface area contributed by atoms with E-state index in [1.165, 1.54) is 5.56 Å². The second-order valence-corrected chi connectivity index (χ2v) is 5.15. The first-order valence-corrected chi connectivity index (χ1v) is 7.54. The van der Waals surface area contributed by atoms with Gasteiger partial charge in [-0.25, -0.2) is 0 Å². The first-order valence-electron chi connectivity index (χ1n) is 7.54. The molecule has 4 nitrogen and oxygen atoms in total. The molecule has 4 heteroatoms. The quantitative estimate of drug-likeness (QED) is 0.838. The van der Waals surface area contributed by atoms with Gasteiger partial charge in [-0.2, -0.15) is 0 Å². The van der Waals surface area contributed by atoms with Gasteiger partial charge in [-0.15, -0.1) is 0 Å². The maximum atomic E-state index is 6.03. The van der Waals surface area contributed by atoms with Crippen LogP contribution in [-0.2, 0) is 6.61 Å². The molecule has 0 saturated carbocycles.